The average Bonchev–Trinajstić information content (AvgIpc) is 2.77. The van der Waals surface area contributed by atoms with E-state index in [1.54, 1.807) is 6.07 Å². The van der Waals surface area contributed by atoms with Crippen LogP contribution < -0.4 is 0 Å². The number of ether oxygens (including phenoxy) is 1. The number of esters is 1. The quantitative estimate of drug-likeness (QED) is 0.321. The molecule has 6 nitrogen and oxygen atoms in total. The summed E-state index contributed by atoms with van der Waals surface area (Å²) < 4.78 is 30.9. The maximum Gasteiger partial charge on any atom is 0.338 e. The first-order valence-electron chi connectivity index (χ1n) is 8.88. The zero-order valence-electron chi connectivity index (χ0n) is 15.6. The molecule has 0 saturated carbocycles. The summed E-state index contributed by atoms with van der Waals surface area (Å²) in [6, 6.07) is 13.8. The number of sulfone groups is 1. The maximum absolute atomic E-state index is 13.0. The first-order valence-corrected chi connectivity index (χ1v) is 11.1. The van der Waals surface area contributed by atoms with Gasteiger partial charge in [-0.3, -0.25) is 9.59 Å². The minimum atomic E-state index is -4.00. The van der Waals surface area contributed by atoms with Crippen LogP contribution >= 0.6 is 23.2 Å². The molecule has 0 atom stereocenters. The highest BCUT2D eigenvalue weighted by Gasteiger charge is 2.35. The van der Waals surface area contributed by atoms with Gasteiger partial charge in [0.2, 0.25) is 15.6 Å². The van der Waals surface area contributed by atoms with Crippen molar-refractivity contribution < 1.29 is 27.5 Å². The monoisotopic (exact) mass is 474 g/mol. The molecule has 0 aliphatic carbocycles. The zero-order valence-corrected chi connectivity index (χ0v) is 17.9. The number of fused-ring (bicyclic) bond motifs is 2. The molecule has 1 heterocycles. The molecular weight excluding hydrogens is 463 g/mol. The molecule has 0 saturated heterocycles. The average molecular weight is 475 g/mol. The Morgan fingerprint density at radius 2 is 1.58 bits per heavy atom. The molecule has 0 fully saturated rings. The molecule has 0 unspecified atom stereocenters. The van der Waals surface area contributed by atoms with Crippen LogP contribution in [-0.4, -0.2) is 32.6 Å². The second-order valence-corrected chi connectivity index (χ2v) is 9.39. The van der Waals surface area contributed by atoms with Crippen LogP contribution in [0.5, 0.6) is 0 Å². The Morgan fingerprint density at radius 1 is 0.871 bits per heavy atom. The van der Waals surface area contributed by atoms with Gasteiger partial charge in [0, 0.05) is 21.7 Å². The van der Waals surface area contributed by atoms with Crippen LogP contribution in [0.4, 0.5) is 0 Å². The first kappa shape index (κ1) is 21.2. The van der Waals surface area contributed by atoms with Crippen molar-refractivity contribution >= 4 is 50.6 Å². The summed E-state index contributed by atoms with van der Waals surface area (Å²) in [6.07, 6.45) is 0. The molecule has 0 aromatic heterocycles. The number of ketones is 2. The van der Waals surface area contributed by atoms with E-state index in [1.807, 2.05) is 0 Å². The van der Waals surface area contributed by atoms with E-state index < -0.39 is 34.0 Å². The predicted octanol–water partition coefficient (Wildman–Crippen LogP) is 4.41. The lowest BCUT2D eigenvalue weighted by Crippen LogP contribution is -2.21. The highest BCUT2D eigenvalue weighted by molar-refractivity contribution is 7.91. The van der Waals surface area contributed by atoms with Crippen LogP contribution in [0.15, 0.2) is 70.5 Å². The number of halogens is 2. The summed E-state index contributed by atoms with van der Waals surface area (Å²) in [7, 11) is -4.00. The number of hydrogen-bond acceptors (Lipinski definition) is 6. The molecule has 3 aromatic carbocycles. The van der Waals surface area contributed by atoms with E-state index in [2.05, 4.69) is 0 Å². The van der Waals surface area contributed by atoms with E-state index in [4.69, 9.17) is 27.9 Å². The van der Waals surface area contributed by atoms with E-state index >= 15 is 0 Å². The summed E-state index contributed by atoms with van der Waals surface area (Å²) in [4.78, 5) is 37.0. The molecule has 0 bridgehead atoms. The van der Waals surface area contributed by atoms with Crippen molar-refractivity contribution in [2.75, 3.05) is 6.61 Å². The molecule has 156 valence electrons. The summed E-state index contributed by atoms with van der Waals surface area (Å²) >= 11 is 11.8. The molecule has 0 amide bonds. The fraction of sp³-hybridized carbons (Fsp3) is 0.0455. The topological polar surface area (TPSA) is 94.6 Å². The molecule has 31 heavy (non-hydrogen) atoms. The van der Waals surface area contributed by atoms with Crippen molar-refractivity contribution in [3.63, 3.8) is 0 Å². The van der Waals surface area contributed by atoms with E-state index in [-0.39, 0.29) is 37.1 Å². The standard InChI is InChI=1S/C22H12Cl2O6S/c23-13-6-8-17(24)16(10-13)18(25)11-30-22(27)12-5-7-15-20(9-12)31(28,29)19-4-2-1-3-14(19)21(15)26/h1-10H,11H2. The molecular formula is C22H12Cl2O6S. The summed E-state index contributed by atoms with van der Waals surface area (Å²) in [5.41, 5.74) is 0.0306. The largest absolute Gasteiger partial charge is 0.454 e. The fourth-order valence-electron chi connectivity index (χ4n) is 3.21. The van der Waals surface area contributed by atoms with Gasteiger partial charge in [-0.2, -0.15) is 0 Å². The lowest BCUT2D eigenvalue weighted by Gasteiger charge is -2.19. The van der Waals surface area contributed by atoms with Crippen LogP contribution in [0.3, 0.4) is 0 Å². The second-order valence-electron chi connectivity index (χ2n) is 6.66. The lowest BCUT2D eigenvalue weighted by molar-refractivity contribution is 0.0474. The Hall–Kier alpha value is -3.00. The Bertz CT molecular complexity index is 1380. The molecule has 0 spiro atoms. The highest BCUT2D eigenvalue weighted by atomic mass is 35.5. The highest BCUT2D eigenvalue weighted by Crippen LogP contribution is 2.34. The summed E-state index contributed by atoms with van der Waals surface area (Å²) in [5, 5.41) is 0.450. The number of carbonyl (C=O) groups is 3. The molecule has 0 N–H and O–H groups in total. The van der Waals surface area contributed by atoms with E-state index in [9.17, 15) is 22.8 Å². The lowest BCUT2D eigenvalue weighted by atomic mass is 10.0. The Labute approximate surface area is 187 Å². The summed E-state index contributed by atoms with van der Waals surface area (Å²) in [5.74, 6) is -1.95. The van der Waals surface area contributed by atoms with Gasteiger partial charge in [0.15, 0.2) is 12.4 Å². The van der Waals surface area contributed by atoms with Crippen molar-refractivity contribution in [3.05, 3.63) is 93.0 Å². The third-order valence-electron chi connectivity index (χ3n) is 4.74. The molecule has 3 aromatic rings. The SMILES string of the molecule is O=C(OCC(=O)c1cc(Cl)ccc1Cl)c1ccc2c(c1)S(=O)(=O)c1ccccc1C2=O. The van der Waals surface area contributed by atoms with Gasteiger partial charge < -0.3 is 4.74 Å². The maximum atomic E-state index is 13.0. The van der Waals surface area contributed by atoms with Crippen molar-refractivity contribution in [2.24, 2.45) is 0 Å². The number of hydrogen-bond donors (Lipinski definition) is 0. The third-order valence-corrected chi connectivity index (χ3v) is 7.15. The van der Waals surface area contributed by atoms with Crippen molar-refractivity contribution in [3.8, 4) is 0 Å². The van der Waals surface area contributed by atoms with Gasteiger partial charge in [0.1, 0.15) is 0 Å². The number of benzene rings is 3. The molecule has 0 radical (unpaired) electrons. The van der Waals surface area contributed by atoms with Crippen molar-refractivity contribution in [1.29, 1.82) is 0 Å². The molecule has 1 aliphatic rings. The van der Waals surface area contributed by atoms with Crippen LogP contribution in [0.25, 0.3) is 0 Å². The smallest absolute Gasteiger partial charge is 0.338 e. The van der Waals surface area contributed by atoms with Gasteiger partial charge in [-0.1, -0.05) is 35.3 Å². The van der Waals surface area contributed by atoms with Gasteiger partial charge in [-0.05, 0) is 48.5 Å². The molecule has 9 heteroatoms. The van der Waals surface area contributed by atoms with Gasteiger partial charge in [-0.15, -0.1) is 0 Å². The molecule has 1 aliphatic heterocycles. The minimum absolute atomic E-state index is 0.0305. The van der Waals surface area contributed by atoms with Gasteiger partial charge >= 0.3 is 5.97 Å². The number of rotatable bonds is 4. The zero-order chi connectivity index (χ0) is 22.3. The van der Waals surface area contributed by atoms with Crippen molar-refractivity contribution in [2.45, 2.75) is 9.79 Å². The van der Waals surface area contributed by atoms with Crippen LogP contribution in [0.1, 0.15) is 36.6 Å². The van der Waals surface area contributed by atoms with Crippen LogP contribution in [0, 0.1) is 0 Å². The Morgan fingerprint density at radius 3 is 2.35 bits per heavy atom. The van der Waals surface area contributed by atoms with E-state index in [0.717, 1.165) is 6.07 Å². The van der Waals surface area contributed by atoms with Crippen LogP contribution in [0.2, 0.25) is 10.0 Å². The second kappa shape index (κ2) is 7.92. The Balaban J connectivity index is 1.60. The summed E-state index contributed by atoms with van der Waals surface area (Å²) in [6.45, 7) is -0.621. The first-order chi connectivity index (χ1) is 14.7. The number of Topliss-reactive ketones (excluding diaryl/α,β-unsaturated/α-hetero) is 1. The fourth-order valence-corrected chi connectivity index (χ4v) is 5.29. The third kappa shape index (κ3) is 3.76. The van der Waals surface area contributed by atoms with E-state index in [1.165, 1.54) is 48.5 Å². The minimum Gasteiger partial charge on any atom is -0.454 e. The van der Waals surface area contributed by atoms with Crippen LogP contribution in [-0.2, 0) is 14.6 Å². The Kier molecular flexibility index (Phi) is 5.43. The van der Waals surface area contributed by atoms with Crippen molar-refractivity contribution in [1.82, 2.24) is 0 Å². The number of carbonyl (C=O) groups excluding carboxylic acids is 3. The van der Waals surface area contributed by atoms with E-state index in [0.29, 0.717) is 5.02 Å². The van der Waals surface area contributed by atoms with Gasteiger partial charge in [-0.25, -0.2) is 13.2 Å². The predicted molar refractivity (Wildman–Crippen MR) is 113 cm³/mol. The molecule has 4 rings (SSSR count). The van der Waals surface area contributed by atoms with Gasteiger partial charge in [0.25, 0.3) is 0 Å². The normalized spacial score (nSPS) is 13.8. The van der Waals surface area contributed by atoms with Gasteiger partial charge in [0.05, 0.1) is 20.4 Å².